The number of hydrogen-bond acceptors (Lipinski definition) is 4. The van der Waals surface area contributed by atoms with Crippen LogP contribution in [0.1, 0.15) is 30.5 Å². The van der Waals surface area contributed by atoms with Gasteiger partial charge in [0.1, 0.15) is 0 Å². The van der Waals surface area contributed by atoms with E-state index in [-0.39, 0.29) is 6.61 Å². The topological polar surface area (TPSA) is 36.4 Å². The molecule has 84 valence electrons. The summed E-state index contributed by atoms with van der Waals surface area (Å²) in [6.45, 7) is 4.07. The minimum Gasteiger partial charge on any atom is -0.395 e. The van der Waals surface area contributed by atoms with Crippen LogP contribution in [0.3, 0.4) is 0 Å². The van der Waals surface area contributed by atoms with Crippen molar-refractivity contribution < 1.29 is 5.11 Å². The van der Waals surface area contributed by atoms with Gasteiger partial charge >= 0.3 is 0 Å². The van der Waals surface area contributed by atoms with Crippen molar-refractivity contribution >= 4 is 11.3 Å². The van der Waals surface area contributed by atoms with Crippen LogP contribution in [0.25, 0.3) is 0 Å². The normalized spacial score (nSPS) is 16.2. The zero-order chi connectivity index (χ0) is 10.7. The van der Waals surface area contributed by atoms with Crippen molar-refractivity contribution in [2.45, 2.75) is 38.8 Å². The van der Waals surface area contributed by atoms with Crippen molar-refractivity contribution in [3.63, 3.8) is 0 Å². The number of nitrogens with zero attached hydrogens (tertiary/aromatic N) is 2. The minimum atomic E-state index is 0.251. The van der Waals surface area contributed by atoms with Crippen LogP contribution in [0.4, 0.5) is 0 Å². The summed E-state index contributed by atoms with van der Waals surface area (Å²) in [4.78, 5) is 6.90. The Hall–Kier alpha value is -0.450. The Bertz CT molecular complexity index is 309. The van der Waals surface area contributed by atoms with Gasteiger partial charge in [0, 0.05) is 24.5 Å². The molecule has 1 saturated carbocycles. The highest BCUT2D eigenvalue weighted by Crippen LogP contribution is 2.28. The monoisotopic (exact) mass is 226 g/mol. The van der Waals surface area contributed by atoms with Gasteiger partial charge in [-0.05, 0) is 19.3 Å². The molecule has 3 nitrogen and oxygen atoms in total. The Labute approximate surface area is 94.8 Å². The van der Waals surface area contributed by atoms with Crippen molar-refractivity contribution in [1.29, 1.82) is 0 Å². The number of aliphatic hydroxyl groups is 1. The first-order chi connectivity index (χ1) is 7.33. The van der Waals surface area contributed by atoms with E-state index in [9.17, 15) is 0 Å². The molecule has 1 aromatic heterocycles. The van der Waals surface area contributed by atoms with E-state index in [2.05, 4.69) is 22.2 Å². The molecule has 1 aliphatic carbocycles. The summed E-state index contributed by atoms with van der Waals surface area (Å²) >= 11 is 1.74. The van der Waals surface area contributed by atoms with Gasteiger partial charge in [-0.25, -0.2) is 4.98 Å². The summed E-state index contributed by atoms with van der Waals surface area (Å²) in [7, 11) is 0. The van der Waals surface area contributed by atoms with E-state index in [0.29, 0.717) is 6.04 Å². The largest absolute Gasteiger partial charge is 0.395 e. The van der Waals surface area contributed by atoms with Gasteiger partial charge in [-0.1, -0.05) is 6.92 Å². The molecule has 15 heavy (non-hydrogen) atoms. The Morgan fingerprint density at radius 1 is 1.60 bits per heavy atom. The maximum Gasteiger partial charge on any atom is 0.0926 e. The Morgan fingerprint density at radius 3 is 2.93 bits per heavy atom. The molecule has 0 radical (unpaired) electrons. The molecule has 1 aromatic rings. The summed E-state index contributed by atoms with van der Waals surface area (Å²) in [5, 5.41) is 12.3. The Kier molecular flexibility index (Phi) is 3.72. The molecule has 1 fully saturated rings. The number of aliphatic hydroxyl groups excluding tert-OH is 1. The van der Waals surface area contributed by atoms with Crippen molar-refractivity contribution in [3.05, 3.63) is 16.1 Å². The molecule has 0 saturated heterocycles. The number of thiazole rings is 1. The molecule has 0 amide bonds. The fourth-order valence-corrected chi connectivity index (χ4v) is 2.49. The molecule has 1 aliphatic rings. The SMILES string of the molecule is CCc1nc(CN(CCO)C2CC2)cs1. The molecule has 4 heteroatoms. The lowest BCUT2D eigenvalue weighted by Crippen LogP contribution is -2.28. The van der Waals surface area contributed by atoms with Crippen LogP contribution in [0.2, 0.25) is 0 Å². The second kappa shape index (κ2) is 5.05. The highest BCUT2D eigenvalue weighted by atomic mass is 32.1. The van der Waals surface area contributed by atoms with Crippen LogP contribution in [-0.4, -0.2) is 34.2 Å². The first kappa shape index (κ1) is 11.0. The summed E-state index contributed by atoms with van der Waals surface area (Å²) < 4.78 is 0. The predicted octanol–water partition coefficient (Wildman–Crippen LogP) is 1.66. The molecule has 0 aliphatic heterocycles. The van der Waals surface area contributed by atoms with Crippen molar-refractivity contribution in [2.75, 3.05) is 13.2 Å². The first-order valence-electron chi connectivity index (χ1n) is 5.61. The molecule has 0 aromatic carbocycles. The Morgan fingerprint density at radius 2 is 2.40 bits per heavy atom. The third-order valence-electron chi connectivity index (χ3n) is 2.72. The average molecular weight is 226 g/mol. The molecular formula is C11H18N2OS. The van der Waals surface area contributed by atoms with Crippen LogP contribution in [0, 0.1) is 0 Å². The first-order valence-corrected chi connectivity index (χ1v) is 6.49. The van der Waals surface area contributed by atoms with Crippen LogP contribution < -0.4 is 0 Å². The standard InChI is InChI=1S/C11H18N2OS/c1-2-11-12-9(8-15-11)7-13(5-6-14)10-3-4-10/h8,10,14H,2-7H2,1H3. The quantitative estimate of drug-likeness (QED) is 0.801. The van der Waals surface area contributed by atoms with Gasteiger partial charge < -0.3 is 5.11 Å². The second-order valence-electron chi connectivity index (χ2n) is 4.01. The second-order valence-corrected chi connectivity index (χ2v) is 4.95. The highest BCUT2D eigenvalue weighted by molar-refractivity contribution is 7.09. The van der Waals surface area contributed by atoms with Gasteiger partial charge in [0.2, 0.25) is 0 Å². The van der Waals surface area contributed by atoms with Crippen LogP contribution in [-0.2, 0) is 13.0 Å². The lowest BCUT2D eigenvalue weighted by Gasteiger charge is -2.19. The number of hydrogen-bond donors (Lipinski definition) is 1. The summed E-state index contributed by atoms with van der Waals surface area (Å²) in [5.74, 6) is 0. The van der Waals surface area contributed by atoms with Crippen molar-refractivity contribution in [1.82, 2.24) is 9.88 Å². The number of aromatic nitrogens is 1. The molecular weight excluding hydrogens is 208 g/mol. The molecule has 1 N–H and O–H groups in total. The molecule has 1 heterocycles. The highest BCUT2D eigenvalue weighted by Gasteiger charge is 2.28. The summed E-state index contributed by atoms with van der Waals surface area (Å²) in [5.41, 5.74) is 1.16. The van der Waals surface area contributed by atoms with E-state index in [1.165, 1.54) is 17.8 Å². The van der Waals surface area contributed by atoms with Gasteiger partial charge in [0.05, 0.1) is 17.3 Å². The van der Waals surface area contributed by atoms with Crippen molar-refractivity contribution in [2.24, 2.45) is 0 Å². The van der Waals surface area contributed by atoms with Crippen LogP contribution in [0.5, 0.6) is 0 Å². The lowest BCUT2D eigenvalue weighted by atomic mass is 10.4. The molecule has 0 atom stereocenters. The maximum atomic E-state index is 8.98. The lowest BCUT2D eigenvalue weighted by molar-refractivity contribution is 0.182. The number of rotatable bonds is 6. The van der Waals surface area contributed by atoms with Crippen LogP contribution >= 0.6 is 11.3 Å². The van der Waals surface area contributed by atoms with E-state index < -0.39 is 0 Å². The minimum absolute atomic E-state index is 0.251. The van der Waals surface area contributed by atoms with Gasteiger partial charge in [-0.15, -0.1) is 11.3 Å². The average Bonchev–Trinajstić information content (AvgIpc) is 2.99. The van der Waals surface area contributed by atoms with Gasteiger partial charge in [-0.3, -0.25) is 4.90 Å². The van der Waals surface area contributed by atoms with Gasteiger partial charge in [0.15, 0.2) is 0 Å². The van der Waals surface area contributed by atoms with Crippen molar-refractivity contribution in [3.8, 4) is 0 Å². The molecule has 0 unspecified atom stereocenters. The fourth-order valence-electron chi connectivity index (χ4n) is 1.75. The fraction of sp³-hybridized carbons (Fsp3) is 0.727. The van der Waals surface area contributed by atoms with E-state index >= 15 is 0 Å². The maximum absolute atomic E-state index is 8.98. The van der Waals surface area contributed by atoms with Crippen LogP contribution in [0.15, 0.2) is 5.38 Å². The zero-order valence-electron chi connectivity index (χ0n) is 9.15. The van der Waals surface area contributed by atoms with E-state index in [1.807, 2.05) is 0 Å². The third-order valence-corrected chi connectivity index (χ3v) is 3.76. The smallest absolute Gasteiger partial charge is 0.0926 e. The Balaban J connectivity index is 1.92. The zero-order valence-corrected chi connectivity index (χ0v) is 9.96. The predicted molar refractivity (Wildman–Crippen MR) is 62.0 cm³/mol. The molecule has 0 bridgehead atoms. The van der Waals surface area contributed by atoms with Gasteiger partial charge in [0.25, 0.3) is 0 Å². The number of aryl methyl sites for hydroxylation is 1. The van der Waals surface area contributed by atoms with E-state index in [4.69, 9.17) is 5.11 Å². The van der Waals surface area contributed by atoms with E-state index in [1.54, 1.807) is 11.3 Å². The molecule has 0 spiro atoms. The van der Waals surface area contributed by atoms with Gasteiger partial charge in [-0.2, -0.15) is 0 Å². The summed E-state index contributed by atoms with van der Waals surface area (Å²) in [6, 6.07) is 0.698. The summed E-state index contributed by atoms with van der Waals surface area (Å²) in [6.07, 6.45) is 3.59. The van der Waals surface area contributed by atoms with E-state index in [0.717, 1.165) is 25.2 Å². The third kappa shape index (κ3) is 3.00. The molecule has 2 rings (SSSR count).